The van der Waals surface area contributed by atoms with E-state index in [1.54, 1.807) is 0 Å². The third-order valence-electron chi connectivity index (χ3n) is 3.62. The summed E-state index contributed by atoms with van der Waals surface area (Å²) < 4.78 is 0. The molecule has 4 nitrogen and oxygen atoms in total. The van der Waals surface area contributed by atoms with Crippen LogP contribution in [-0.4, -0.2) is 61.8 Å². The van der Waals surface area contributed by atoms with E-state index in [4.69, 9.17) is 5.73 Å². The van der Waals surface area contributed by atoms with Crippen LogP contribution in [0, 0.1) is 5.92 Å². The van der Waals surface area contributed by atoms with Crippen molar-refractivity contribution >= 4 is 0 Å². The molecule has 0 aromatic heterocycles. The fourth-order valence-electron chi connectivity index (χ4n) is 2.49. The van der Waals surface area contributed by atoms with Gasteiger partial charge in [0, 0.05) is 26.2 Å². The van der Waals surface area contributed by atoms with Crippen LogP contribution in [0.3, 0.4) is 0 Å². The van der Waals surface area contributed by atoms with Crippen LogP contribution in [0.1, 0.15) is 19.4 Å². The molecule has 1 rings (SSSR count). The van der Waals surface area contributed by atoms with E-state index in [1.807, 2.05) is 30.3 Å². The highest BCUT2D eigenvalue weighted by atomic mass is 16.3. The third-order valence-corrected chi connectivity index (χ3v) is 3.62. The lowest BCUT2D eigenvalue weighted by molar-refractivity contribution is 0.122. The molecular weight excluding hydrogens is 262 g/mol. The molecule has 3 N–H and O–H groups in total. The Labute approximate surface area is 129 Å². The van der Waals surface area contributed by atoms with Gasteiger partial charge in [-0.05, 0) is 25.6 Å². The summed E-state index contributed by atoms with van der Waals surface area (Å²) in [5.74, 6) is 0.575. The first-order valence-electron chi connectivity index (χ1n) is 7.69. The van der Waals surface area contributed by atoms with Gasteiger partial charge in [-0.2, -0.15) is 0 Å². The number of rotatable bonds is 9. The Hall–Kier alpha value is -0.940. The van der Waals surface area contributed by atoms with Crippen LogP contribution < -0.4 is 5.73 Å². The van der Waals surface area contributed by atoms with Crippen molar-refractivity contribution < 1.29 is 5.11 Å². The quantitative estimate of drug-likeness (QED) is 0.722. The standard InChI is InChI=1S/C17H31N3O/c1-15(2)12-20(11-10-19(3)4)13-17(18,14-21)16-8-6-5-7-9-16/h5-9,15,21H,10-14,18H2,1-4H3. The van der Waals surface area contributed by atoms with E-state index >= 15 is 0 Å². The summed E-state index contributed by atoms with van der Waals surface area (Å²) in [6, 6.07) is 9.91. The van der Waals surface area contributed by atoms with Gasteiger partial charge in [0.2, 0.25) is 0 Å². The van der Waals surface area contributed by atoms with Crippen LogP contribution in [0.4, 0.5) is 0 Å². The molecule has 0 heterocycles. The Morgan fingerprint density at radius 1 is 1.14 bits per heavy atom. The van der Waals surface area contributed by atoms with E-state index in [-0.39, 0.29) is 6.61 Å². The van der Waals surface area contributed by atoms with Crippen molar-refractivity contribution in [3.63, 3.8) is 0 Å². The molecule has 4 heteroatoms. The second kappa shape index (κ2) is 8.49. The average molecular weight is 293 g/mol. The molecular formula is C17H31N3O. The summed E-state index contributed by atoms with van der Waals surface area (Å²) in [4.78, 5) is 4.53. The molecule has 0 aliphatic rings. The molecule has 0 fully saturated rings. The first-order valence-corrected chi connectivity index (χ1v) is 7.69. The van der Waals surface area contributed by atoms with Crippen molar-refractivity contribution in [1.29, 1.82) is 0 Å². The molecule has 0 spiro atoms. The normalized spacial score (nSPS) is 14.9. The van der Waals surface area contributed by atoms with Crippen molar-refractivity contribution in [2.24, 2.45) is 11.7 Å². The van der Waals surface area contributed by atoms with E-state index in [1.165, 1.54) is 0 Å². The maximum absolute atomic E-state index is 9.84. The van der Waals surface area contributed by atoms with Gasteiger partial charge in [0.25, 0.3) is 0 Å². The summed E-state index contributed by atoms with van der Waals surface area (Å²) in [5, 5.41) is 9.84. The SMILES string of the molecule is CC(C)CN(CCN(C)C)CC(N)(CO)c1ccccc1. The number of nitrogens with zero attached hydrogens (tertiary/aromatic N) is 2. The molecule has 1 aromatic rings. The average Bonchev–Trinajstić information content (AvgIpc) is 2.45. The molecule has 0 saturated carbocycles. The molecule has 0 amide bonds. The van der Waals surface area contributed by atoms with Gasteiger partial charge in [0.05, 0.1) is 12.1 Å². The van der Waals surface area contributed by atoms with Crippen molar-refractivity contribution in [3.8, 4) is 0 Å². The Bertz CT molecular complexity index is 394. The predicted molar refractivity (Wildman–Crippen MR) is 89.2 cm³/mol. The van der Waals surface area contributed by atoms with Gasteiger partial charge in [-0.1, -0.05) is 44.2 Å². The number of hydrogen-bond acceptors (Lipinski definition) is 4. The number of hydrogen-bond donors (Lipinski definition) is 2. The lowest BCUT2D eigenvalue weighted by Crippen LogP contribution is -2.52. The molecule has 0 aliphatic heterocycles. The minimum Gasteiger partial charge on any atom is -0.394 e. The molecule has 0 aliphatic carbocycles. The number of aliphatic hydroxyl groups excluding tert-OH is 1. The van der Waals surface area contributed by atoms with E-state index in [9.17, 15) is 5.11 Å². The molecule has 1 aromatic carbocycles. The highest BCUT2D eigenvalue weighted by Gasteiger charge is 2.29. The summed E-state index contributed by atoms with van der Waals surface area (Å²) in [6.45, 7) is 7.97. The van der Waals surface area contributed by atoms with Crippen molar-refractivity contribution in [3.05, 3.63) is 35.9 Å². The highest BCUT2D eigenvalue weighted by Crippen LogP contribution is 2.19. The smallest absolute Gasteiger partial charge is 0.0772 e. The molecule has 0 saturated heterocycles. The van der Waals surface area contributed by atoms with Crippen molar-refractivity contribution in [2.45, 2.75) is 19.4 Å². The minimum absolute atomic E-state index is 0.0480. The maximum Gasteiger partial charge on any atom is 0.0772 e. The van der Waals surface area contributed by atoms with Crippen LogP contribution in [0.5, 0.6) is 0 Å². The molecule has 0 radical (unpaired) electrons. The van der Waals surface area contributed by atoms with Crippen molar-refractivity contribution in [2.75, 3.05) is 46.9 Å². The van der Waals surface area contributed by atoms with Crippen LogP contribution in [0.25, 0.3) is 0 Å². The Morgan fingerprint density at radius 2 is 1.76 bits per heavy atom. The van der Waals surface area contributed by atoms with Gasteiger partial charge in [-0.3, -0.25) is 4.90 Å². The zero-order chi connectivity index (χ0) is 15.9. The molecule has 1 atom stereocenters. The van der Waals surface area contributed by atoms with Crippen LogP contribution in [0.15, 0.2) is 30.3 Å². The number of likely N-dealkylation sites (N-methyl/N-ethyl adjacent to an activating group) is 1. The lowest BCUT2D eigenvalue weighted by atomic mass is 9.91. The first kappa shape index (κ1) is 18.1. The van der Waals surface area contributed by atoms with Gasteiger partial charge in [0.15, 0.2) is 0 Å². The fourth-order valence-corrected chi connectivity index (χ4v) is 2.49. The van der Waals surface area contributed by atoms with Gasteiger partial charge in [0.1, 0.15) is 0 Å². The Morgan fingerprint density at radius 3 is 2.24 bits per heavy atom. The van der Waals surface area contributed by atoms with E-state index < -0.39 is 5.54 Å². The molecule has 1 unspecified atom stereocenters. The largest absolute Gasteiger partial charge is 0.394 e. The Balaban J connectivity index is 2.82. The zero-order valence-electron chi connectivity index (χ0n) is 13.9. The van der Waals surface area contributed by atoms with E-state index in [2.05, 4.69) is 37.7 Å². The Kier molecular flexibility index (Phi) is 7.32. The molecule has 0 bridgehead atoms. The highest BCUT2D eigenvalue weighted by molar-refractivity contribution is 5.24. The lowest BCUT2D eigenvalue weighted by Gasteiger charge is -2.36. The topological polar surface area (TPSA) is 52.7 Å². The molecule has 21 heavy (non-hydrogen) atoms. The number of benzene rings is 1. The van der Waals surface area contributed by atoms with Crippen molar-refractivity contribution in [1.82, 2.24) is 9.80 Å². The summed E-state index contributed by atoms with van der Waals surface area (Å²) in [5.41, 5.74) is 6.78. The molecule has 120 valence electrons. The summed E-state index contributed by atoms with van der Waals surface area (Å²) >= 11 is 0. The monoisotopic (exact) mass is 293 g/mol. The second-order valence-electron chi connectivity index (χ2n) is 6.61. The van der Waals surface area contributed by atoms with Gasteiger partial charge in [-0.25, -0.2) is 0 Å². The van der Waals surface area contributed by atoms with E-state index in [0.29, 0.717) is 12.5 Å². The van der Waals surface area contributed by atoms with Gasteiger partial charge in [-0.15, -0.1) is 0 Å². The van der Waals surface area contributed by atoms with Crippen LogP contribution in [0.2, 0.25) is 0 Å². The summed E-state index contributed by atoms with van der Waals surface area (Å²) in [6.07, 6.45) is 0. The second-order valence-corrected chi connectivity index (χ2v) is 6.61. The third kappa shape index (κ3) is 6.14. The van der Waals surface area contributed by atoms with Gasteiger partial charge >= 0.3 is 0 Å². The fraction of sp³-hybridized carbons (Fsp3) is 0.647. The minimum atomic E-state index is -0.706. The van der Waals surface area contributed by atoms with Crippen LogP contribution in [-0.2, 0) is 5.54 Å². The summed E-state index contributed by atoms with van der Waals surface area (Å²) in [7, 11) is 4.15. The number of nitrogens with two attached hydrogens (primary N) is 1. The zero-order valence-corrected chi connectivity index (χ0v) is 13.9. The first-order chi connectivity index (χ1) is 9.87. The number of aliphatic hydroxyl groups is 1. The predicted octanol–water partition coefficient (Wildman–Crippen LogP) is 1.35. The van der Waals surface area contributed by atoms with Gasteiger partial charge < -0.3 is 15.7 Å². The van der Waals surface area contributed by atoms with E-state index in [0.717, 1.165) is 25.2 Å². The van der Waals surface area contributed by atoms with Crippen LogP contribution >= 0.6 is 0 Å². The maximum atomic E-state index is 9.84.